The predicted molar refractivity (Wildman–Crippen MR) is 101 cm³/mol. The summed E-state index contributed by atoms with van der Waals surface area (Å²) >= 11 is 0. The van der Waals surface area contributed by atoms with Gasteiger partial charge in [-0.25, -0.2) is 0 Å². The van der Waals surface area contributed by atoms with Crippen LogP contribution in [0.15, 0.2) is 29.3 Å². The summed E-state index contributed by atoms with van der Waals surface area (Å²) in [5.41, 5.74) is 1.24. The molecule has 24 heavy (non-hydrogen) atoms. The number of guanidine groups is 1. The summed E-state index contributed by atoms with van der Waals surface area (Å²) in [6.07, 6.45) is 4.03. The lowest BCUT2D eigenvalue weighted by atomic mass is 10.0. The zero-order valence-electron chi connectivity index (χ0n) is 15.6. The molecule has 1 unspecified atom stereocenters. The molecule has 1 saturated heterocycles. The second-order valence-corrected chi connectivity index (χ2v) is 6.56. The number of aliphatic imine (C=N–C) groups is 1. The average Bonchev–Trinajstić information content (AvgIpc) is 2.60. The molecule has 1 aliphatic heterocycles. The monoisotopic (exact) mass is 332 g/mol. The molecular formula is C19H32N4O. The molecule has 1 heterocycles. The highest BCUT2D eigenvalue weighted by Gasteiger charge is 2.17. The molecular weight excluding hydrogens is 300 g/mol. The van der Waals surface area contributed by atoms with Crippen LogP contribution in [0.4, 0.5) is 0 Å². The average molecular weight is 332 g/mol. The summed E-state index contributed by atoms with van der Waals surface area (Å²) in [7, 11) is 5.61. The first-order valence-electron chi connectivity index (χ1n) is 8.92. The van der Waals surface area contributed by atoms with Crippen molar-refractivity contribution in [3.63, 3.8) is 0 Å². The van der Waals surface area contributed by atoms with Crippen molar-refractivity contribution in [1.29, 1.82) is 0 Å². The largest absolute Gasteiger partial charge is 0.497 e. The highest BCUT2D eigenvalue weighted by Crippen LogP contribution is 2.15. The van der Waals surface area contributed by atoms with Gasteiger partial charge in [0, 0.05) is 39.8 Å². The van der Waals surface area contributed by atoms with Crippen molar-refractivity contribution in [3.05, 3.63) is 29.8 Å². The fourth-order valence-corrected chi connectivity index (χ4v) is 3.27. The van der Waals surface area contributed by atoms with Gasteiger partial charge in [0.1, 0.15) is 5.75 Å². The van der Waals surface area contributed by atoms with Gasteiger partial charge in [0.15, 0.2) is 5.96 Å². The lowest BCUT2D eigenvalue weighted by molar-refractivity contribution is 0.163. The van der Waals surface area contributed by atoms with Crippen LogP contribution < -0.4 is 10.1 Å². The number of rotatable bonds is 6. The Morgan fingerprint density at radius 1 is 1.33 bits per heavy atom. The highest BCUT2D eigenvalue weighted by molar-refractivity contribution is 5.79. The molecule has 0 aromatic heterocycles. The highest BCUT2D eigenvalue weighted by atomic mass is 16.5. The van der Waals surface area contributed by atoms with Crippen molar-refractivity contribution in [2.45, 2.75) is 38.8 Å². The van der Waals surface area contributed by atoms with E-state index in [9.17, 15) is 0 Å². The molecule has 0 amide bonds. The maximum absolute atomic E-state index is 5.21. The van der Waals surface area contributed by atoms with Crippen molar-refractivity contribution in [3.8, 4) is 5.75 Å². The number of nitrogens with zero attached hydrogens (tertiary/aromatic N) is 3. The van der Waals surface area contributed by atoms with Crippen molar-refractivity contribution >= 4 is 5.96 Å². The van der Waals surface area contributed by atoms with E-state index in [1.807, 2.05) is 19.2 Å². The van der Waals surface area contributed by atoms with Gasteiger partial charge in [-0.2, -0.15) is 0 Å². The quantitative estimate of drug-likeness (QED) is 0.642. The number of methoxy groups -OCH3 is 1. The van der Waals surface area contributed by atoms with Crippen LogP contribution in [0, 0.1) is 0 Å². The molecule has 2 rings (SSSR count). The van der Waals surface area contributed by atoms with Crippen LogP contribution in [0.2, 0.25) is 0 Å². The maximum atomic E-state index is 5.21. The van der Waals surface area contributed by atoms with Gasteiger partial charge in [-0.1, -0.05) is 18.6 Å². The van der Waals surface area contributed by atoms with Gasteiger partial charge in [-0.15, -0.1) is 0 Å². The summed E-state index contributed by atoms with van der Waals surface area (Å²) in [5.74, 6) is 1.83. The number of ether oxygens (including phenoxy) is 1. The Morgan fingerprint density at radius 2 is 2.08 bits per heavy atom. The van der Waals surface area contributed by atoms with Gasteiger partial charge in [0.25, 0.3) is 0 Å². The Bertz CT molecular complexity index is 515. The smallest absolute Gasteiger partial charge is 0.193 e. The minimum Gasteiger partial charge on any atom is -0.497 e. The minimum absolute atomic E-state index is 0.708. The van der Waals surface area contributed by atoms with Crippen molar-refractivity contribution < 1.29 is 4.74 Å². The zero-order chi connectivity index (χ0) is 17.4. The molecule has 5 heteroatoms. The molecule has 5 nitrogen and oxygen atoms in total. The van der Waals surface area contributed by atoms with Gasteiger partial charge >= 0.3 is 0 Å². The Kier molecular flexibility index (Phi) is 7.37. The first kappa shape index (κ1) is 18.6. The van der Waals surface area contributed by atoms with E-state index in [1.165, 1.54) is 31.4 Å². The van der Waals surface area contributed by atoms with Gasteiger partial charge in [0.2, 0.25) is 0 Å². The number of hydrogen-bond acceptors (Lipinski definition) is 3. The second kappa shape index (κ2) is 9.52. The van der Waals surface area contributed by atoms with E-state index in [-0.39, 0.29) is 0 Å². The normalized spacial score (nSPS) is 19.2. The molecule has 0 saturated carbocycles. The summed E-state index contributed by atoms with van der Waals surface area (Å²) in [4.78, 5) is 9.14. The molecule has 0 aliphatic carbocycles. The van der Waals surface area contributed by atoms with E-state index < -0.39 is 0 Å². The van der Waals surface area contributed by atoms with Gasteiger partial charge in [-0.3, -0.25) is 9.89 Å². The standard InChI is InChI=1S/C19H32N4O/c1-16-7-5-6-13-23(16)14-12-21-19(20-2)22(3)15-17-8-10-18(24-4)11-9-17/h8-11,16H,5-7,12-15H2,1-4H3,(H,20,21). The van der Waals surface area contributed by atoms with E-state index in [0.29, 0.717) is 6.04 Å². The third kappa shape index (κ3) is 5.41. The molecule has 134 valence electrons. The number of likely N-dealkylation sites (tertiary alicyclic amines) is 1. The molecule has 0 bridgehead atoms. The predicted octanol–water partition coefficient (Wildman–Crippen LogP) is 2.58. The van der Waals surface area contributed by atoms with Crippen LogP contribution in [0.25, 0.3) is 0 Å². The Morgan fingerprint density at radius 3 is 2.71 bits per heavy atom. The van der Waals surface area contributed by atoms with Gasteiger partial charge in [-0.05, 0) is 44.0 Å². The fourth-order valence-electron chi connectivity index (χ4n) is 3.27. The first-order chi connectivity index (χ1) is 11.6. The Hall–Kier alpha value is -1.75. The van der Waals surface area contributed by atoms with Crippen molar-refractivity contribution in [1.82, 2.24) is 15.1 Å². The van der Waals surface area contributed by atoms with Crippen LogP contribution in [-0.2, 0) is 6.54 Å². The molecule has 0 spiro atoms. The molecule has 0 radical (unpaired) electrons. The lowest BCUT2D eigenvalue weighted by Crippen LogP contribution is -2.45. The second-order valence-electron chi connectivity index (χ2n) is 6.56. The lowest BCUT2D eigenvalue weighted by Gasteiger charge is -2.33. The molecule has 1 atom stereocenters. The third-order valence-corrected chi connectivity index (χ3v) is 4.77. The number of nitrogens with one attached hydrogen (secondary N) is 1. The summed E-state index contributed by atoms with van der Waals surface area (Å²) in [6.45, 7) is 6.40. The van der Waals surface area contributed by atoms with Gasteiger partial charge in [0.05, 0.1) is 7.11 Å². The van der Waals surface area contributed by atoms with Crippen LogP contribution in [-0.4, -0.2) is 62.6 Å². The zero-order valence-corrected chi connectivity index (χ0v) is 15.6. The van der Waals surface area contributed by atoms with E-state index in [4.69, 9.17) is 4.74 Å². The van der Waals surface area contributed by atoms with E-state index in [2.05, 4.69) is 46.2 Å². The van der Waals surface area contributed by atoms with E-state index in [0.717, 1.165) is 31.3 Å². The van der Waals surface area contributed by atoms with Crippen LogP contribution in [0.3, 0.4) is 0 Å². The third-order valence-electron chi connectivity index (χ3n) is 4.77. The summed E-state index contributed by atoms with van der Waals surface area (Å²) in [6, 6.07) is 8.89. The summed E-state index contributed by atoms with van der Waals surface area (Å²) < 4.78 is 5.21. The van der Waals surface area contributed by atoms with Crippen molar-refractivity contribution in [2.75, 3.05) is 40.8 Å². The van der Waals surface area contributed by atoms with Crippen LogP contribution in [0.1, 0.15) is 31.7 Å². The van der Waals surface area contributed by atoms with Crippen molar-refractivity contribution in [2.24, 2.45) is 4.99 Å². The molecule has 1 aliphatic rings. The minimum atomic E-state index is 0.708. The molecule has 1 aromatic rings. The van der Waals surface area contributed by atoms with Crippen LogP contribution >= 0.6 is 0 Å². The van der Waals surface area contributed by atoms with Gasteiger partial charge < -0.3 is 15.0 Å². The topological polar surface area (TPSA) is 40.1 Å². The Labute approximate surface area is 146 Å². The van der Waals surface area contributed by atoms with E-state index >= 15 is 0 Å². The SMILES string of the molecule is CN=C(NCCN1CCCCC1C)N(C)Cc1ccc(OC)cc1. The van der Waals surface area contributed by atoms with E-state index in [1.54, 1.807) is 7.11 Å². The molecule has 1 aromatic carbocycles. The fraction of sp³-hybridized carbons (Fsp3) is 0.632. The van der Waals surface area contributed by atoms with Crippen LogP contribution in [0.5, 0.6) is 5.75 Å². The Balaban J connectivity index is 1.79. The molecule has 1 N–H and O–H groups in total. The maximum Gasteiger partial charge on any atom is 0.193 e. The molecule has 1 fully saturated rings. The number of benzene rings is 1. The first-order valence-corrected chi connectivity index (χ1v) is 8.92. The number of piperidine rings is 1. The number of hydrogen-bond donors (Lipinski definition) is 1. The summed E-state index contributed by atoms with van der Waals surface area (Å²) in [5, 5.41) is 3.49.